The molecule has 0 unspecified atom stereocenters. The van der Waals surface area contributed by atoms with Crippen LogP contribution in [0.5, 0.6) is 11.5 Å². The molecule has 0 bridgehead atoms. The number of H-pyrrole nitrogens is 1. The van der Waals surface area contributed by atoms with Crippen molar-refractivity contribution in [3.8, 4) is 11.5 Å². The second kappa shape index (κ2) is 8.83. The molecule has 3 rings (SSSR count). The molecule has 0 aliphatic rings. The van der Waals surface area contributed by atoms with Gasteiger partial charge in [-0.3, -0.25) is 5.10 Å². The Morgan fingerprint density at radius 2 is 2.00 bits per heavy atom. The molecule has 3 aromatic rings. The average molecular weight is 403 g/mol. The Hall–Kier alpha value is -2.64. The van der Waals surface area contributed by atoms with Crippen molar-refractivity contribution < 1.29 is 9.47 Å². The van der Waals surface area contributed by atoms with E-state index in [9.17, 15) is 0 Å². The zero-order valence-electron chi connectivity index (χ0n) is 15.0. The molecule has 0 radical (unpaired) electrons. The van der Waals surface area contributed by atoms with Gasteiger partial charge in [-0.25, -0.2) is 0 Å². The number of hydrogen-bond acceptors (Lipinski definition) is 5. The lowest BCUT2D eigenvalue weighted by molar-refractivity contribution is 0.284. The number of aryl methyl sites for hydroxylation is 1. The van der Waals surface area contributed by atoms with Gasteiger partial charge in [-0.15, -0.1) is 0 Å². The fourth-order valence-electron chi connectivity index (χ4n) is 2.42. The minimum absolute atomic E-state index is 0.404. The van der Waals surface area contributed by atoms with E-state index in [2.05, 4.69) is 15.3 Å². The number of nitrogens with zero attached hydrogens (tertiary/aromatic N) is 3. The van der Waals surface area contributed by atoms with E-state index in [1.54, 1.807) is 18.0 Å². The van der Waals surface area contributed by atoms with Crippen molar-refractivity contribution in [2.24, 2.45) is 5.10 Å². The van der Waals surface area contributed by atoms with Crippen LogP contribution in [0.25, 0.3) is 0 Å². The van der Waals surface area contributed by atoms with Gasteiger partial charge in [-0.05, 0) is 53.7 Å². The Labute approximate surface area is 167 Å². The Balaban J connectivity index is 1.80. The van der Waals surface area contributed by atoms with Gasteiger partial charge < -0.3 is 9.47 Å². The standard InChI is InChI=1S/C19H19ClN4O2S/c1-3-18-22-23-19(27)24(18)21-11-14-6-9-16(25-2)17(10-14)26-12-13-4-7-15(20)8-5-13/h4-11H,3,12H2,1-2H3,(H,23,27)/b21-11+. The summed E-state index contributed by atoms with van der Waals surface area (Å²) in [5.41, 5.74) is 1.87. The Bertz CT molecular complexity index is 996. The van der Waals surface area contributed by atoms with E-state index < -0.39 is 0 Å². The van der Waals surface area contributed by atoms with Crippen LogP contribution in [-0.2, 0) is 13.0 Å². The van der Waals surface area contributed by atoms with Crippen molar-refractivity contribution in [2.75, 3.05) is 7.11 Å². The molecule has 0 aliphatic heterocycles. The third-order valence-electron chi connectivity index (χ3n) is 3.85. The second-order valence-electron chi connectivity index (χ2n) is 5.68. The number of nitrogens with one attached hydrogen (secondary N) is 1. The van der Waals surface area contributed by atoms with E-state index in [0.717, 1.165) is 23.4 Å². The number of ether oxygens (including phenoxy) is 2. The Morgan fingerprint density at radius 1 is 1.22 bits per heavy atom. The molecule has 2 aromatic carbocycles. The van der Waals surface area contributed by atoms with Crippen molar-refractivity contribution in [3.63, 3.8) is 0 Å². The van der Waals surface area contributed by atoms with Gasteiger partial charge in [0.1, 0.15) is 6.61 Å². The predicted octanol–water partition coefficient (Wildman–Crippen LogP) is 4.63. The summed E-state index contributed by atoms with van der Waals surface area (Å²) in [6, 6.07) is 13.1. The molecule has 0 saturated heterocycles. The molecule has 1 heterocycles. The second-order valence-corrected chi connectivity index (χ2v) is 6.50. The maximum absolute atomic E-state index is 5.92. The zero-order chi connectivity index (χ0) is 19.2. The van der Waals surface area contributed by atoms with Crippen LogP contribution in [-0.4, -0.2) is 28.2 Å². The highest BCUT2D eigenvalue weighted by molar-refractivity contribution is 7.71. The molecule has 0 spiro atoms. The fourth-order valence-corrected chi connectivity index (χ4v) is 2.75. The van der Waals surface area contributed by atoms with Crippen molar-refractivity contribution in [3.05, 3.63) is 69.2 Å². The third kappa shape index (κ3) is 4.75. The largest absolute Gasteiger partial charge is 0.493 e. The van der Waals surface area contributed by atoms with Crippen molar-refractivity contribution in [2.45, 2.75) is 20.0 Å². The number of rotatable bonds is 7. The topological polar surface area (TPSA) is 64.4 Å². The molecule has 140 valence electrons. The van der Waals surface area contributed by atoms with Gasteiger partial charge in [0.25, 0.3) is 0 Å². The average Bonchev–Trinajstić information content (AvgIpc) is 3.05. The minimum atomic E-state index is 0.404. The number of halogens is 1. The highest BCUT2D eigenvalue weighted by atomic mass is 35.5. The normalized spacial score (nSPS) is 11.1. The van der Waals surface area contributed by atoms with Crippen LogP contribution in [0.1, 0.15) is 23.9 Å². The molecule has 0 fully saturated rings. The maximum atomic E-state index is 5.92. The lowest BCUT2D eigenvalue weighted by atomic mass is 10.2. The summed E-state index contributed by atoms with van der Waals surface area (Å²) < 4.78 is 13.4. The lowest BCUT2D eigenvalue weighted by Crippen LogP contribution is -2.00. The van der Waals surface area contributed by atoms with Crippen LogP contribution in [0.2, 0.25) is 5.02 Å². The summed E-state index contributed by atoms with van der Waals surface area (Å²) in [5.74, 6) is 2.04. The predicted molar refractivity (Wildman–Crippen MR) is 109 cm³/mol. The fraction of sp³-hybridized carbons (Fsp3) is 0.211. The van der Waals surface area contributed by atoms with E-state index in [0.29, 0.717) is 27.9 Å². The number of aromatic nitrogens is 3. The zero-order valence-corrected chi connectivity index (χ0v) is 16.5. The van der Waals surface area contributed by atoms with E-state index in [1.807, 2.05) is 49.4 Å². The van der Waals surface area contributed by atoms with Crippen LogP contribution in [0.15, 0.2) is 47.6 Å². The highest BCUT2D eigenvalue weighted by Crippen LogP contribution is 2.28. The van der Waals surface area contributed by atoms with Gasteiger partial charge in [-0.1, -0.05) is 30.7 Å². The summed E-state index contributed by atoms with van der Waals surface area (Å²) in [7, 11) is 1.61. The van der Waals surface area contributed by atoms with Crippen LogP contribution < -0.4 is 9.47 Å². The molecule has 6 nitrogen and oxygen atoms in total. The number of benzene rings is 2. The number of aromatic amines is 1. The summed E-state index contributed by atoms with van der Waals surface area (Å²) in [4.78, 5) is 0. The molecule has 1 aromatic heterocycles. The minimum Gasteiger partial charge on any atom is -0.493 e. The van der Waals surface area contributed by atoms with Crippen molar-refractivity contribution >= 4 is 30.0 Å². The van der Waals surface area contributed by atoms with Gasteiger partial charge in [0.15, 0.2) is 17.3 Å². The first-order valence-electron chi connectivity index (χ1n) is 8.36. The first-order valence-corrected chi connectivity index (χ1v) is 9.15. The quantitative estimate of drug-likeness (QED) is 0.462. The molecular weight excluding hydrogens is 384 g/mol. The van der Waals surface area contributed by atoms with Gasteiger partial charge in [0.2, 0.25) is 4.77 Å². The van der Waals surface area contributed by atoms with E-state index >= 15 is 0 Å². The molecule has 0 atom stereocenters. The summed E-state index contributed by atoms with van der Waals surface area (Å²) in [5, 5.41) is 12.0. The van der Waals surface area contributed by atoms with E-state index in [4.69, 9.17) is 33.3 Å². The summed E-state index contributed by atoms with van der Waals surface area (Å²) >= 11 is 11.1. The van der Waals surface area contributed by atoms with Gasteiger partial charge in [-0.2, -0.15) is 14.9 Å². The first-order chi connectivity index (χ1) is 13.1. The smallest absolute Gasteiger partial charge is 0.216 e. The van der Waals surface area contributed by atoms with Crippen LogP contribution in [0.4, 0.5) is 0 Å². The third-order valence-corrected chi connectivity index (χ3v) is 4.37. The van der Waals surface area contributed by atoms with Gasteiger partial charge in [0.05, 0.1) is 13.3 Å². The lowest BCUT2D eigenvalue weighted by Gasteiger charge is -2.11. The van der Waals surface area contributed by atoms with Gasteiger partial charge >= 0.3 is 0 Å². The Kier molecular flexibility index (Phi) is 6.26. The van der Waals surface area contributed by atoms with Crippen LogP contribution in [0.3, 0.4) is 0 Å². The first kappa shape index (κ1) is 19.1. The molecule has 0 aliphatic carbocycles. The molecule has 0 amide bonds. The molecule has 8 heteroatoms. The maximum Gasteiger partial charge on any atom is 0.216 e. The molecular formula is C19H19ClN4O2S. The monoisotopic (exact) mass is 402 g/mol. The summed E-state index contributed by atoms with van der Waals surface area (Å²) in [6.07, 6.45) is 2.43. The van der Waals surface area contributed by atoms with Crippen LogP contribution in [0, 0.1) is 4.77 Å². The Morgan fingerprint density at radius 3 is 2.70 bits per heavy atom. The highest BCUT2D eigenvalue weighted by Gasteiger charge is 2.07. The summed E-state index contributed by atoms with van der Waals surface area (Å²) in [6.45, 7) is 2.40. The molecule has 27 heavy (non-hydrogen) atoms. The van der Waals surface area contributed by atoms with Crippen LogP contribution >= 0.6 is 23.8 Å². The number of hydrogen-bond donors (Lipinski definition) is 1. The SMILES string of the molecule is CCc1n[nH]c(=S)n1/N=C/c1ccc(OC)c(OCc2ccc(Cl)cc2)c1. The van der Waals surface area contributed by atoms with E-state index in [-0.39, 0.29) is 0 Å². The number of methoxy groups -OCH3 is 1. The van der Waals surface area contributed by atoms with E-state index in [1.165, 1.54) is 0 Å². The van der Waals surface area contributed by atoms with Gasteiger partial charge in [0, 0.05) is 11.4 Å². The van der Waals surface area contributed by atoms with Crippen molar-refractivity contribution in [1.82, 2.24) is 14.9 Å². The van der Waals surface area contributed by atoms with Crippen molar-refractivity contribution in [1.29, 1.82) is 0 Å². The molecule has 0 saturated carbocycles. The molecule has 1 N–H and O–H groups in total.